The van der Waals surface area contributed by atoms with Crippen LogP contribution in [0.4, 0.5) is 14.5 Å². The molecular formula is C17H17F2NO. The Bertz CT molecular complexity index is 610. The van der Waals surface area contributed by atoms with E-state index in [1.165, 1.54) is 30.3 Å². The Morgan fingerprint density at radius 2 is 1.76 bits per heavy atom. The third-order valence-electron chi connectivity index (χ3n) is 3.33. The van der Waals surface area contributed by atoms with Crippen molar-refractivity contribution in [3.8, 4) is 0 Å². The number of hydrogen-bond donors (Lipinski definition) is 0. The van der Waals surface area contributed by atoms with E-state index in [-0.39, 0.29) is 18.0 Å². The van der Waals surface area contributed by atoms with E-state index < -0.39 is 5.82 Å². The SMILES string of the molecule is CCN(CCC(=O)c1cccc(F)c1)c1ccc(F)cc1. The van der Waals surface area contributed by atoms with Crippen molar-refractivity contribution < 1.29 is 13.6 Å². The fourth-order valence-electron chi connectivity index (χ4n) is 2.16. The number of ketones is 1. The first-order valence-electron chi connectivity index (χ1n) is 6.89. The van der Waals surface area contributed by atoms with Gasteiger partial charge < -0.3 is 4.90 Å². The van der Waals surface area contributed by atoms with Crippen molar-refractivity contribution in [1.82, 2.24) is 0 Å². The lowest BCUT2D eigenvalue weighted by Gasteiger charge is -2.22. The van der Waals surface area contributed by atoms with Gasteiger partial charge in [-0.25, -0.2) is 8.78 Å². The van der Waals surface area contributed by atoms with Gasteiger partial charge in [-0.15, -0.1) is 0 Å². The van der Waals surface area contributed by atoms with E-state index in [1.807, 2.05) is 11.8 Å². The summed E-state index contributed by atoms with van der Waals surface area (Å²) in [5, 5.41) is 0. The molecule has 110 valence electrons. The second-order valence-electron chi connectivity index (χ2n) is 4.74. The molecule has 0 radical (unpaired) electrons. The highest BCUT2D eigenvalue weighted by molar-refractivity contribution is 5.96. The summed E-state index contributed by atoms with van der Waals surface area (Å²) >= 11 is 0. The third-order valence-corrected chi connectivity index (χ3v) is 3.33. The maximum atomic E-state index is 13.1. The second-order valence-corrected chi connectivity index (χ2v) is 4.74. The molecule has 2 aromatic rings. The van der Waals surface area contributed by atoms with Crippen LogP contribution in [0.5, 0.6) is 0 Å². The quantitative estimate of drug-likeness (QED) is 0.747. The van der Waals surface area contributed by atoms with E-state index in [4.69, 9.17) is 0 Å². The second kappa shape index (κ2) is 6.97. The summed E-state index contributed by atoms with van der Waals surface area (Å²) in [5.41, 5.74) is 1.25. The minimum absolute atomic E-state index is 0.102. The summed E-state index contributed by atoms with van der Waals surface area (Å²) in [5.74, 6) is -0.799. The molecule has 0 fully saturated rings. The number of Topliss-reactive ketones (excluding diaryl/α,β-unsaturated/α-hetero) is 1. The maximum absolute atomic E-state index is 13.1. The summed E-state index contributed by atoms with van der Waals surface area (Å²) in [6, 6.07) is 11.9. The molecule has 0 saturated heterocycles. The van der Waals surface area contributed by atoms with Crippen molar-refractivity contribution in [2.24, 2.45) is 0 Å². The first-order chi connectivity index (χ1) is 10.1. The molecule has 0 heterocycles. The molecule has 2 aromatic carbocycles. The van der Waals surface area contributed by atoms with Crippen LogP contribution in [0, 0.1) is 11.6 Å². The molecule has 0 aliphatic rings. The first-order valence-corrected chi connectivity index (χ1v) is 6.89. The van der Waals surface area contributed by atoms with Gasteiger partial charge in [0.2, 0.25) is 0 Å². The number of hydrogen-bond acceptors (Lipinski definition) is 2. The Labute approximate surface area is 123 Å². The highest BCUT2D eigenvalue weighted by Gasteiger charge is 2.10. The van der Waals surface area contributed by atoms with E-state index in [9.17, 15) is 13.6 Å². The van der Waals surface area contributed by atoms with E-state index in [1.54, 1.807) is 18.2 Å². The highest BCUT2D eigenvalue weighted by atomic mass is 19.1. The van der Waals surface area contributed by atoms with Crippen LogP contribution in [-0.2, 0) is 0 Å². The number of carbonyl (C=O) groups is 1. The van der Waals surface area contributed by atoms with E-state index in [0.29, 0.717) is 18.7 Å². The maximum Gasteiger partial charge on any atom is 0.164 e. The van der Waals surface area contributed by atoms with Crippen LogP contribution in [0.2, 0.25) is 0 Å². The molecule has 4 heteroatoms. The Morgan fingerprint density at radius 3 is 2.38 bits per heavy atom. The van der Waals surface area contributed by atoms with Gasteiger partial charge in [-0.1, -0.05) is 12.1 Å². The average molecular weight is 289 g/mol. The number of rotatable bonds is 6. The molecule has 0 aromatic heterocycles. The Hall–Kier alpha value is -2.23. The summed E-state index contributed by atoms with van der Waals surface area (Å²) in [6.45, 7) is 3.19. The van der Waals surface area contributed by atoms with Gasteiger partial charge in [0, 0.05) is 30.8 Å². The van der Waals surface area contributed by atoms with Crippen molar-refractivity contribution in [1.29, 1.82) is 0 Å². The Morgan fingerprint density at radius 1 is 1.05 bits per heavy atom. The summed E-state index contributed by atoms with van der Waals surface area (Å²) in [6.07, 6.45) is 0.286. The number of benzene rings is 2. The number of nitrogens with zero attached hydrogens (tertiary/aromatic N) is 1. The van der Waals surface area contributed by atoms with Gasteiger partial charge in [0.15, 0.2) is 5.78 Å². The van der Waals surface area contributed by atoms with Crippen LogP contribution >= 0.6 is 0 Å². The molecule has 2 nitrogen and oxygen atoms in total. The molecule has 0 saturated carbocycles. The number of anilines is 1. The summed E-state index contributed by atoms with van der Waals surface area (Å²) in [4.78, 5) is 14.0. The zero-order chi connectivity index (χ0) is 15.2. The van der Waals surface area contributed by atoms with Gasteiger partial charge in [-0.2, -0.15) is 0 Å². The standard InChI is InChI=1S/C17H17F2NO/c1-2-20(16-8-6-14(18)7-9-16)11-10-17(21)13-4-3-5-15(19)12-13/h3-9,12H,2,10-11H2,1H3. The lowest BCUT2D eigenvalue weighted by Crippen LogP contribution is -2.25. The fourth-order valence-corrected chi connectivity index (χ4v) is 2.16. The van der Waals surface area contributed by atoms with Gasteiger partial charge in [0.25, 0.3) is 0 Å². The van der Waals surface area contributed by atoms with Crippen molar-refractivity contribution in [3.05, 3.63) is 65.7 Å². The van der Waals surface area contributed by atoms with Crippen molar-refractivity contribution in [2.75, 3.05) is 18.0 Å². The monoisotopic (exact) mass is 289 g/mol. The summed E-state index contributed by atoms with van der Waals surface area (Å²) in [7, 11) is 0. The normalized spacial score (nSPS) is 10.4. The predicted molar refractivity (Wildman–Crippen MR) is 79.6 cm³/mol. The number of halogens is 2. The zero-order valence-electron chi connectivity index (χ0n) is 11.9. The smallest absolute Gasteiger partial charge is 0.164 e. The molecule has 0 bridgehead atoms. The molecule has 0 aliphatic carbocycles. The van der Waals surface area contributed by atoms with E-state index >= 15 is 0 Å². The van der Waals surface area contributed by atoms with Crippen LogP contribution < -0.4 is 4.90 Å². The minimum atomic E-state index is -0.410. The molecule has 0 aliphatic heterocycles. The molecule has 2 rings (SSSR count). The lowest BCUT2D eigenvalue weighted by atomic mass is 10.1. The van der Waals surface area contributed by atoms with Crippen LogP contribution in [0.3, 0.4) is 0 Å². The van der Waals surface area contributed by atoms with Gasteiger partial charge in [0.05, 0.1) is 0 Å². The van der Waals surface area contributed by atoms with Crippen LogP contribution in [-0.4, -0.2) is 18.9 Å². The van der Waals surface area contributed by atoms with Gasteiger partial charge in [-0.3, -0.25) is 4.79 Å². The van der Waals surface area contributed by atoms with Crippen molar-refractivity contribution in [2.45, 2.75) is 13.3 Å². The topological polar surface area (TPSA) is 20.3 Å². The van der Waals surface area contributed by atoms with Gasteiger partial charge >= 0.3 is 0 Å². The molecular weight excluding hydrogens is 272 g/mol. The van der Waals surface area contributed by atoms with Crippen molar-refractivity contribution >= 4 is 11.5 Å². The predicted octanol–water partition coefficient (Wildman–Crippen LogP) is 4.06. The third kappa shape index (κ3) is 4.12. The summed E-state index contributed by atoms with van der Waals surface area (Å²) < 4.78 is 26.0. The van der Waals surface area contributed by atoms with Crippen LogP contribution in [0.1, 0.15) is 23.7 Å². The lowest BCUT2D eigenvalue weighted by molar-refractivity contribution is 0.0984. The van der Waals surface area contributed by atoms with Gasteiger partial charge in [-0.05, 0) is 43.3 Å². The zero-order valence-corrected chi connectivity index (χ0v) is 11.9. The van der Waals surface area contributed by atoms with Gasteiger partial charge in [0.1, 0.15) is 11.6 Å². The van der Waals surface area contributed by atoms with E-state index in [2.05, 4.69) is 0 Å². The Balaban J connectivity index is 2.00. The molecule has 0 unspecified atom stereocenters. The fraction of sp³-hybridized carbons (Fsp3) is 0.235. The van der Waals surface area contributed by atoms with Crippen LogP contribution in [0.15, 0.2) is 48.5 Å². The average Bonchev–Trinajstić information content (AvgIpc) is 2.49. The molecule has 0 N–H and O–H groups in total. The minimum Gasteiger partial charge on any atom is -0.371 e. The molecule has 0 spiro atoms. The number of carbonyl (C=O) groups excluding carboxylic acids is 1. The Kier molecular flexibility index (Phi) is 5.04. The largest absolute Gasteiger partial charge is 0.371 e. The van der Waals surface area contributed by atoms with E-state index in [0.717, 1.165) is 5.69 Å². The molecule has 0 atom stereocenters. The molecule has 21 heavy (non-hydrogen) atoms. The van der Waals surface area contributed by atoms with Crippen LogP contribution in [0.25, 0.3) is 0 Å². The highest BCUT2D eigenvalue weighted by Crippen LogP contribution is 2.16. The molecule has 0 amide bonds. The first kappa shape index (κ1) is 15.2. The van der Waals surface area contributed by atoms with Crippen molar-refractivity contribution in [3.63, 3.8) is 0 Å².